The van der Waals surface area contributed by atoms with Gasteiger partial charge in [0.15, 0.2) is 5.76 Å². The molecule has 2 heteroatoms. The van der Waals surface area contributed by atoms with E-state index in [0.29, 0.717) is 12.4 Å². The number of hydrogen-bond acceptors (Lipinski definition) is 2. The van der Waals surface area contributed by atoms with Crippen LogP contribution in [-0.4, -0.2) is 11.7 Å². The Morgan fingerprint density at radius 2 is 1.32 bits per heavy atom. The Hall–Kier alpha value is -1.70. The first-order valence-corrected chi connectivity index (χ1v) is 9.98. The fourth-order valence-electron chi connectivity index (χ4n) is 2.33. The molecule has 25 heavy (non-hydrogen) atoms. The maximum atomic E-state index is 8.99. The quantitative estimate of drug-likeness (QED) is 0.177. The zero-order valence-electron chi connectivity index (χ0n) is 16.3. The van der Waals surface area contributed by atoms with Crippen LogP contribution < -0.4 is 0 Å². The van der Waals surface area contributed by atoms with Crippen LogP contribution in [0.25, 0.3) is 0 Å². The Morgan fingerprint density at radius 1 is 0.720 bits per heavy atom. The fraction of sp³-hybridized carbons (Fsp3) is 0.565. The van der Waals surface area contributed by atoms with Gasteiger partial charge in [-0.25, -0.2) is 0 Å². The van der Waals surface area contributed by atoms with Crippen LogP contribution in [0.4, 0.5) is 0 Å². The molecule has 0 spiro atoms. The monoisotopic (exact) mass is 346 g/mol. The van der Waals surface area contributed by atoms with Gasteiger partial charge < -0.3 is 9.84 Å². The first-order valence-electron chi connectivity index (χ1n) is 9.98. The molecule has 0 amide bonds. The number of aliphatic hydroxyl groups excluding tert-OH is 1. The Bertz CT molecular complexity index is 414. The molecule has 0 aromatic carbocycles. The molecule has 0 radical (unpaired) electrons. The van der Waals surface area contributed by atoms with Crippen LogP contribution in [0.15, 0.2) is 60.6 Å². The van der Waals surface area contributed by atoms with Crippen molar-refractivity contribution in [3.05, 3.63) is 60.6 Å². The van der Waals surface area contributed by atoms with Gasteiger partial charge in [-0.2, -0.15) is 0 Å². The Balaban J connectivity index is 3.61. The van der Waals surface area contributed by atoms with E-state index in [0.717, 1.165) is 12.7 Å². The highest BCUT2D eigenvalue weighted by molar-refractivity contribution is 5.19. The highest BCUT2D eigenvalue weighted by atomic mass is 16.5. The predicted octanol–water partition coefficient (Wildman–Crippen LogP) is 7.57. The van der Waals surface area contributed by atoms with Crippen molar-refractivity contribution in [2.24, 2.45) is 0 Å². The van der Waals surface area contributed by atoms with Gasteiger partial charge in [0.25, 0.3) is 0 Å². The van der Waals surface area contributed by atoms with Gasteiger partial charge in [-0.05, 0) is 25.3 Å². The Morgan fingerprint density at radius 3 is 1.96 bits per heavy atom. The number of hydrogen-bond donors (Lipinski definition) is 1. The van der Waals surface area contributed by atoms with Crippen LogP contribution in [0.5, 0.6) is 0 Å². The second-order valence-electron chi connectivity index (χ2n) is 6.20. The summed E-state index contributed by atoms with van der Waals surface area (Å²) in [6.07, 6.45) is 29.9. The third kappa shape index (κ3) is 18.5. The van der Waals surface area contributed by atoms with E-state index in [1.54, 1.807) is 6.08 Å². The zero-order chi connectivity index (χ0) is 18.4. The number of allylic oxidation sites excluding steroid dienone is 8. The number of ether oxygens (including phenoxy) is 1. The van der Waals surface area contributed by atoms with E-state index in [9.17, 15) is 0 Å². The number of aliphatic hydroxyl groups is 1. The molecule has 0 rings (SSSR count). The van der Waals surface area contributed by atoms with Crippen LogP contribution >= 0.6 is 0 Å². The molecule has 0 heterocycles. The molecule has 0 unspecified atom stereocenters. The Labute approximate surface area is 155 Å². The minimum Gasteiger partial charge on any atom is -0.512 e. The molecule has 142 valence electrons. The molecule has 0 aliphatic heterocycles. The van der Waals surface area contributed by atoms with Crippen LogP contribution in [0.1, 0.15) is 78.1 Å². The molecule has 2 nitrogen and oxygen atoms in total. The Kier molecular flexibility index (Phi) is 19.0. The first-order chi connectivity index (χ1) is 12.3. The van der Waals surface area contributed by atoms with Gasteiger partial charge in [-0.15, -0.1) is 0 Å². The molecular weight excluding hydrogens is 308 g/mol. The largest absolute Gasteiger partial charge is 0.512 e. The molecule has 0 bridgehead atoms. The van der Waals surface area contributed by atoms with Gasteiger partial charge in [0.05, 0.1) is 6.61 Å². The average Bonchev–Trinajstić information content (AvgIpc) is 2.63. The predicted molar refractivity (Wildman–Crippen MR) is 111 cm³/mol. The SMILES string of the molecule is CCCCCCCCCCC=CC=CC=CC=CC(=CO)OCCC. The van der Waals surface area contributed by atoms with Gasteiger partial charge in [-0.1, -0.05) is 101 Å². The zero-order valence-corrected chi connectivity index (χ0v) is 16.3. The summed E-state index contributed by atoms with van der Waals surface area (Å²) in [5, 5.41) is 8.99. The summed E-state index contributed by atoms with van der Waals surface area (Å²) in [6, 6.07) is 0. The molecule has 0 aliphatic carbocycles. The van der Waals surface area contributed by atoms with Gasteiger partial charge in [-0.3, -0.25) is 0 Å². The lowest BCUT2D eigenvalue weighted by atomic mass is 10.1. The third-order valence-electron chi connectivity index (χ3n) is 3.78. The molecular formula is C23H38O2. The standard InChI is InChI=1S/C23H38O2/c1-3-5-6-7-8-9-10-11-12-13-14-15-16-17-18-19-20-23(22-24)25-21-4-2/h13-20,22,24H,3-12,21H2,1-2H3. The summed E-state index contributed by atoms with van der Waals surface area (Å²) in [5.41, 5.74) is 0. The van der Waals surface area contributed by atoms with Crippen LogP contribution in [-0.2, 0) is 4.74 Å². The lowest BCUT2D eigenvalue weighted by Gasteiger charge is -2.01. The van der Waals surface area contributed by atoms with Crippen molar-refractivity contribution in [3.63, 3.8) is 0 Å². The molecule has 0 fully saturated rings. The topological polar surface area (TPSA) is 29.5 Å². The van der Waals surface area contributed by atoms with Crippen LogP contribution in [0, 0.1) is 0 Å². The molecule has 0 aromatic heterocycles. The summed E-state index contributed by atoms with van der Waals surface area (Å²) in [5.74, 6) is 0.487. The van der Waals surface area contributed by atoms with Crippen molar-refractivity contribution in [1.82, 2.24) is 0 Å². The van der Waals surface area contributed by atoms with Crippen molar-refractivity contribution in [3.8, 4) is 0 Å². The van der Waals surface area contributed by atoms with E-state index in [1.165, 1.54) is 57.8 Å². The summed E-state index contributed by atoms with van der Waals surface area (Å²) in [7, 11) is 0. The molecule has 0 aromatic rings. The molecule has 0 atom stereocenters. The van der Waals surface area contributed by atoms with E-state index < -0.39 is 0 Å². The number of unbranched alkanes of at least 4 members (excludes halogenated alkanes) is 8. The summed E-state index contributed by atoms with van der Waals surface area (Å²) >= 11 is 0. The summed E-state index contributed by atoms with van der Waals surface area (Å²) in [4.78, 5) is 0. The fourth-order valence-corrected chi connectivity index (χ4v) is 2.33. The molecule has 0 aliphatic rings. The lowest BCUT2D eigenvalue weighted by molar-refractivity contribution is 0.213. The van der Waals surface area contributed by atoms with Crippen molar-refractivity contribution in [2.75, 3.05) is 6.61 Å². The maximum absolute atomic E-state index is 8.99. The normalized spacial score (nSPS) is 13.1. The molecule has 0 saturated carbocycles. The first kappa shape index (κ1) is 23.3. The summed E-state index contributed by atoms with van der Waals surface area (Å²) < 4.78 is 5.33. The van der Waals surface area contributed by atoms with Gasteiger partial charge >= 0.3 is 0 Å². The van der Waals surface area contributed by atoms with Crippen molar-refractivity contribution in [2.45, 2.75) is 78.1 Å². The van der Waals surface area contributed by atoms with Gasteiger partial charge in [0.1, 0.15) is 6.26 Å². The third-order valence-corrected chi connectivity index (χ3v) is 3.78. The molecule has 0 saturated heterocycles. The highest BCUT2D eigenvalue weighted by Gasteiger charge is 1.90. The highest BCUT2D eigenvalue weighted by Crippen LogP contribution is 2.09. The smallest absolute Gasteiger partial charge is 0.153 e. The van der Waals surface area contributed by atoms with Crippen molar-refractivity contribution >= 4 is 0 Å². The van der Waals surface area contributed by atoms with Gasteiger partial charge in [0, 0.05) is 0 Å². The molecule has 1 N–H and O–H groups in total. The van der Waals surface area contributed by atoms with Gasteiger partial charge in [0.2, 0.25) is 0 Å². The van der Waals surface area contributed by atoms with E-state index in [2.05, 4.69) is 19.1 Å². The summed E-state index contributed by atoms with van der Waals surface area (Å²) in [6.45, 7) is 4.91. The second-order valence-corrected chi connectivity index (χ2v) is 6.20. The van der Waals surface area contributed by atoms with E-state index >= 15 is 0 Å². The minimum absolute atomic E-state index is 0.487. The van der Waals surface area contributed by atoms with Crippen molar-refractivity contribution < 1.29 is 9.84 Å². The van der Waals surface area contributed by atoms with Crippen LogP contribution in [0.3, 0.4) is 0 Å². The van der Waals surface area contributed by atoms with Crippen LogP contribution in [0.2, 0.25) is 0 Å². The van der Waals surface area contributed by atoms with E-state index in [4.69, 9.17) is 9.84 Å². The minimum atomic E-state index is 0.487. The maximum Gasteiger partial charge on any atom is 0.153 e. The van der Waals surface area contributed by atoms with E-state index in [-0.39, 0.29) is 0 Å². The lowest BCUT2D eigenvalue weighted by Crippen LogP contribution is -1.90. The van der Waals surface area contributed by atoms with E-state index in [1.807, 2.05) is 37.3 Å². The second kappa shape index (κ2) is 20.3. The number of rotatable bonds is 16. The van der Waals surface area contributed by atoms with Crippen molar-refractivity contribution in [1.29, 1.82) is 0 Å². The average molecular weight is 347 g/mol.